The summed E-state index contributed by atoms with van der Waals surface area (Å²) < 4.78 is 43.1. The fourth-order valence-corrected chi connectivity index (χ4v) is 3.13. The Labute approximate surface area is 121 Å². The van der Waals surface area contributed by atoms with E-state index in [9.17, 15) is 18.3 Å². The molecule has 2 aliphatic heterocycles. The molecule has 21 heavy (non-hydrogen) atoms. The van der Waals surface area contributed by atoms with Crippen LogP contribution in [0.4, 0.5) is 13.2 Å². The van der Waals surface area contributed by atoms with Crippen molar-refractivity contribution in [1.82, 2.24) is 5.32 Å². The van der Waals surface area contributed by atoms with Crippen LogP contribution in [0.25, 0.3) is 0 Å². The van der Waals surface area contributed by atoms with Gasteiger partial charge >= 0.3 is 6.18 Å². The number of halogens is 3. The van der Waals surface area contributed by atoms with Gasteiger partial charge < -0.3 is 15.2 Å². The van der Waals surface area contributed by atoms with E-state index in [0.717, 1.165) is 31.4 Å². The van der Waals surface area contributed by atoms with Crippen LogP contribution in [0.5, 0.6) is 0 Å². The number of fused-ring (bicyclic) bond motifs is 2. The molecule has 1 aromatic rings. The zero-order chi connectivity index (χ0) is 15.0. The number of nitrogens with one attached hydrogen (secondary N) is 1. The molecule has 0 radical (unpaired) electrons. The van der Waals surface area contributed by atoms with Gasteiger partial charge in [-0.05, 0) is 37.0 Å². The van der Waals surface area contributed by atoms with Crippen LogP contribution >= 0.6 is 0 Å². The summed E-state index contributed by atoms with van der Waals surface area (Å²) in [4.78, 5) is 0. The molecule has 2 fully saturated rings. The normalized spacial score (nSPS) is 29.8. The molecule has 2 heterocycles. The Balaban J connectivity index is 1.54. The van der Waals surface area contributed by atoms with Crippen LogP contribution in [0.3, 0.4) is 0 Å². The topological polar surface area (TPSA) is 41.5 Å². The van der Waals surface area contributed by atoms with Crippen LogP contribution in [-0.4, -0.2) is 29.9 Å². The zero-order valence-corrected chi connectivity index (χ0v) is 11.4. The van der Waals surface area contributed by atoms with Gasteiger partial charge in [0.15, 0.2) is 0 Å². The maximum Gasteiger partial charge on any atom is 0.416 e. The summed E-state index contributed by atoms with van der Waals surface area (Å²) in [6.45, 7) is 0.322. The smallest absolute Gasteiger partial charge is 0.387 e. The number of ether oxygens (including phenoxy) is 1. The second-order valence-electron chi connectivity index (χ2n) is 5.76. The molecule has 2 N–H and O–H groups in total. The first kappa shape index (κ1) is 14.8. The van der Waals surface area contributed by atoms with E-state index in [0.29, 0.717) is 18.2 Å². The van der Waals surface area contributed by atoms with Gasteiger partial charge in [-0.1, -0.05) is 12.1 Å². The SMILES string of the molecule is OC(CNC1CC2CCC1O2)c1ccc(C(F)(F)F)cc1. The first-order valence-corrected chi connectivity index (χ1v) is 7.17. The predicted octanol–water partition coefficient (Wildman–Crippen LogP) is 2.65. The van der Waals surface area contributed by atoms with Crippen molar-refractivity contribution in [2.75, 3.05) is 6.54 Å². The lowest BCUT2D eigenvalue weighted by Crippen LogP contribution is -2.39. The summed E-state index contributed by atoms with van der Waals surface area (Å²) in [6, 6.07) is 4.89. The highest BCUT2D eigenvalue weighted by atomic mass is 19.4. The van der Waals surface area contributed by atoms with Gasteiger partial charge in [0.2, 0.25) is 0 Å². The Morgan fingerprint density at radius 3 is 2.48 bits per heavy atom. The van der Waals surface area contributed by atoms with E-state index in [4.69, 9.17) is 4.74 Å². The number of aliphatic hydroxyl groups is 1. The van der Waals surface area contributed by atoms with E-state index in [1.165, 1.54) is 12.1 Å². The zero-order valence-electron chi connectivity index (χ0n) is 11.4. The van der Waals surface area contributed by atoms with Crippen molar-refractivity contribution >= 4 is 0 Å². The minimum Gasteiger partial charge on any atom is -0.387 e. The number of aliphatic hydroxyl groups excluding tert-OH is 1. The highest BCUT2D eigenvalue weighted by Crippen LogP contribution is 2.34. The lowest BCUT2D eigenvalue weighted by atomic mass is 9.95. The third kappa shape index (κ3) is 3.22. The fourth-order valence-electron chi connectivity index (χ4n) is 3.13. The number of benzene rings is 1. The van der Waals surface area contributed by atoms with Gasteiger partial charge in [-0.25, -0.2) is 0 Å². The highest BCUT2D eigenvalue weighted by Gasteiger charge is 2.40. The molecule has 6 heteroatoms. The van der Waals surface area contributed by atoms with Gasteiger partial charge in [0.1, 0.15) is 0 Å². The summed E-state index contributed by atoms with van der Waals surface area (Å²) in [5.41, 5.74) is -0.215. The van der Waals surface area contributed by atoms with Gasteiger partial charge in [-0.3, -0.25) is 0 Å². The first-order valence-electron chi connectivity index (χ1n) is 7.17. The molecule has 3 nitrogen and oxygen atoms in total. The minimum atomic E-state index is -4.35. The van der Waals surface area contributed by atoms with E-state index in [1.54, 1.807) is 0 Å². The van der Waals surface area contributed by atoms with Gasteiger partial charge in [0.25, 0.3) is 0 Å². The van der Waals surface area contributed by atoms with Crippen LogP contribution < -0.4 is 5.32 Å². The standard InChI is InChI=1S/C15H18F3NO2/c16-15(17,18)10-3-1-9(2-4-10)13(20)8-19-12-7-11-5-6-14(12)21-11/h1-4,11-14,19-20H,5-8H2. The van der Waals surface area contributed by atoms with Crippen molar-refractivity contribution in [3.8, 4) is 0 Å². The van der Waals surface area contributed by atoms with E-state index >= 15 is 0 Å². The van der Waals surface area contributed by atoms with Gasteiger partial charge in [0, 0.05) is 12.6 Å². The van der Waals surface area contributed by atoms with Crippen molar-refractivity contribution in [2.24, 2.45) is 0 Å². The second kappa shape index (κ2) is 5.59. The molecule has 2 bridgehead atoms. The largest absolute Gasteiger partial charge is 0.416 e. The summed E-state index contributed by atoms with van der Waals surface area (Å²) in [5.74, 6) is 0. The average Bonchev–Trinajstić information content (AvgIpc) is 3.06. The summed E-state index contributed by atoms with van der Waals surface area (Å²) in [6.07, 6.45) is -1.52. The Morgan fingerprint density at radius 2 is 1.95 bits per heavy atom. The summed E-state index contributed by atoms with van der Waals surface area (Å²) in [7, 11) is 0. The molecule has 4 unspecified atom stereocenters. The quantitative estimate of drug-likeness (QED) is 0.898. The van der Waals surface area contributed by atoms with Crippen LogP contribution in [0.15, 0.2) is 24.3 Å². The first-order chi connectivity index (χ1) is 9.93. The van der Waals surface area contributed by atoms with Crippen molar-refractivity contribution in [3.63, 3.8) is 0 Å². The lowest BCUT2D eigenvalue weighted by molar-refractivity contribution is -0.137. The Bertz CT molecular complexity index is 489. The molecule has 0 spiro atoms. The number of hydrogen-bond donors (Lipinski definition) is 2. The number of hydrogen-bond acceptors (Lipinski definition) is 3. The van der Waals surface area contributed by atoms with Crippen molar-refractivity contribution < 1.29 is 23.0 Å². The maximum absolute atomic E-state index is 12.5. The fraction of sp³-hybridized carbons (Fsp3) is 0.600. The Hall–Kier alpha value is -1.11. The van der Waals surface area contributed by atoms with Crippen molar-refractivity contribution in [2.45, 2.75) is 49.8 Å². The van der Waals surface area contributed by atoms with E-state index in [2.05, 4.69) is 5.32 Å². The van der Waals surface area contributed by atoms with Crippen LogP contribution in [0.1, 0.15) is 36.5 Å². The van der Waals surface area contributed by atoms with Crippen LogP contribution in [0.2, 0.25) is 0 Å². The Kier molecular flexibility index (Phi) is 3.94. The molecule has 0 aromatic heterocycles. The number of alkyl halides is 3. The van der Waals surface area contributed by atoms with Crippen molar-refractivity contribution in [3.05, 3.63) is 35.4 Å². The molecular formula is C15H18F3NO2. The molecule has 4 atom stereocenters. The predicted molar refractivity (Wildman–Crippen MR) is 70.7 cm³/mol. The summed E-state index contributed by atoms with van der Waals surface area (Å²) >= 11 is 0. The van der Waals surface area contributed by atoms with Crippen molar-refractivity contribution in [1.29, 1.82) is 0 Å². The molecule has 1 aromatic carbocycles. The molecule has 0 amide bonds. The van der Waals surface area contributed by atoms with Gasteiger partial charge in [-0.15, -0.1) is 0 Å². The molecule has 2 saturated heterocycles. The summed E-state index contributed by atoms with van der Waals surface area (Å²) in [5, 5.41) is 13.3. The molecule has 0 saturated carbocycles. The molecule has 0 aliphatic carbocycles. The Morgan fingerprint density at radius 1 is 1.24 bits per heavy atom. The van der Waals surface area contributed by atoms with Gasteiger partial charge in [-0.2, -0.15) is 13.2 Å². The molecule has 116 valence electrons. The third-order valence-corrected chi connectivity index (χ3v) is 4.30. The van der Waals surface area contributed by atoms with Gasteiger partial charge in [0.05, 0.1) is 23.9 Å². The van der Waals surface area contributed by atoms with E-state index < -0.39 is 17.8 Å². The number of rotatable bonds is 4. The maximum atomic E-state index is 12.5. The lowest BCUT2D eigenvalue weighted by Gasteiger charge is -2.22. The van der Waals surface area contributed by atoms with Crippen LogP contribution in [0, 0.1) is 0 Å². The highest BCUT2D eigenvalue weighted by molar-refractivity contribution is 5.26. The molecule has 2 aliphatic rings. The monoisotopic (exact) mass is 301 g/mol. The average molecular weight is 301 g/mol. The van der Waals surface area contributed by atoms with E-state index in [-0.39, 0.29) is 12.1 Å². The minimum absolute atomic E-state index is 0.217. The van der Waals surface area contributed by atoms with Crippen LogP contribution in [-0.2, 0) is 10.9 Å². The molecular weight excluding hydrogens is 283 g/mol. The molecule has 3 rings (SSSR count). The second-order valence-corrected chi connectivity index (χ2v) is 5.76. The van der Waals surface area contributed by atoms with E-state index in [1.807, 2.05) is 0 Å². The third-order valence-electron chi connectivity index (χ3n) is 4.30.